The van der Waals surface area contributed by atoms with Gasteiger partial charge in [0.1, 0.15) is 0 Å². The summed E-state index contributed by atoms with van der Waals surface area (Å²) in [5.74, 6) is -1.45. The molecule has 0 amide bonds. The molecule has 1 atom stereocenters. The Labute approximate surface area is 143 Å². The topological polar surface area (TPSA) is 15.3 Å². The molecule has 2 nitrogen and oxygen atoms in total. The molecule has 1 aliphatic rings. The summed E-state index contributed by atoms with van der Waals surface area (Å²) in [7, 11) is 0. The lowest BCUT2D eigenvalue weighted by Gasteiger charge is -2.35. The average molecular weight is 353 g/mol. The number of piperazine rings is 1. The molecule has 1 saturated heterocycles. The third-order valence-corrected chi connectivity index (χ3v) is 3.80. The van der Waals surface area contributed by atoms with Gasteiger partial charge in [-0.3, -0.25) is 4.90 Å². The fourth-order valence-electron chi connectivity index (χ4n) is 2.68. The van der Waals surface area contributed by atoms with Gasteiger partial charge in [0.15, 0.2) is 11.6 Å². The van der Waals surface area contributed by atoms with Crippen LogP contribution in [0.25, 0.3) is 0 Å². The van der Waals surface area contributed by atoms with Crippen molar-refractivity contribution in [1.29, 1.82) is 0 Å². The van der Waals surface area contributed by atoms with Crippen LogP contribution in [0.5, 0.6) is 0 Å². The summed E-state index contributed by atoms with van der Waals surface area (Å²) in [5, 5.41) is 3.28. The second kappa shape index (κ2) is 9.46. The van der Waals surface area contributed by atoms with Gasteiger partial charge in [0.2, 0.25) is 0 Å². The summed E-state index contributed by atoms with van der Waals surface area (Å²) in [4.78, 5) is 2.21. The van der Waals surface area contributed by atoms with Crippen LogP contribution in [0.2, 0.25) is 0 Å². The standard InChI is InChI=1S/C16H22F2N2.2ClH/c1-11(2)10-14(20-8-6-19-7-9-20)13-5-4-12(3)15(17)16(13)18;;/h4-5,14,19H,1,6-10H2,2-3H3;2*1H/t14-;;/m1../s1. The number of nitrogens with one attached hydrogen (secondary N) is 1. The van der Waals surface area contributed by atoms with Gasteiger partial charge in [-0.05, 0) is 25.8 Å². The zero-order valence-corrected chi connectivity index (χ0v) is 14.6. The van der Waals surface area contributed by atoms with Crippen LogP contribution in [0.15, 0.2) is 24.3 Å². The third-order valence-electron chi connectivity index (χ3n) is 3.80. The third kappa shape index (κ3) is 4.92. The van der Waals surface area contributed by atoms with Crippen molar-refractivity contribution in [1.82, 2.24) is 10.2 Å². The molecule has 1 aromatic carbocycles. The van der Waals surface area contributed by atoms with E-state index in [0.29, 0.717) is 17.5 Å². The zero-order valence-electron chi connectivity index (χ0n) is 13.0. The summed E-state index contributed by atoms with van der Waals surface area (Å²) < 4.78 is 28.1. The number of hydrogen-bond acceptors (Lipinski definition) is 2. The Morgan fingerprint density at radius 3 is 2.36 bits per heavy atom. The van der Waals surface area contributed by atoms with Crippen molar-refractivity contribution in [2.75, 3.05) is 26.2 Å². The Morgan fingerprint density at radius 2 is 1.82 bits per heavy atom. The molecule has 0 bridgehead atoms. The van der Waals surface area contributed by atoms with Crippen LogP contribution in [0.3, 0.4) is 0 Å². The molecule has 6 heteroatoms. The van der Waals surface area contributed by atoms with E-state index >= 15 is 0 Å². The fourth-order valence-corrected chi connectivity index (χ4v) is 2.68. The van der Waals surface area contributed by atoms with Crippen molar-refractivity contribution in [3.63, 3.8) is 0 Å². The SMILES string of the molecule is C=C(C)C[C@H](c1ccc(C)c(F)c1F)N1CCNCC1.Cl.Cl. The van der Waals surface area contributed by atoms with Crippen molar-refractivity contribution in [3.8, 4) is 0 Å². The molecule has 22 heavy (non-hydrogen) atoms. The molecule has 1 aliphatic heterocycles. The number of aryl methyl sites for hydroxylation is 1. The Hall–Kier alpha value is -0.680. The van der Waals surface area contributed by atoms with Crippen molar-refractivity contribution in [2.24, 2.45) is 0 Å². The Kier molecular flexibility index (Phi) is 9.16. The van der Waals surface area contributed by atoms with E-state index in [4.69, 9.17) is 0 Å². The Balaban J connectivity index is 0.00000220. The molecule has 0 spiro atoms. The minimum atomic E-state index is -0.732. The lowest BCUT2D eigenvalue weighted by molar-refractivity contribution is 0.168. The molecule has 126 valence electrons. The number of rotatable bonds is 4. The molecule has 0 unspecified atom stereocenters. The molecule has 0 radical (unpaired) electrons. The maximum absolute atomic E-state index is 14.3. The van der Waals surface area contributed by atoms with Crippen LogP contribution in [0.1, 0.15) is 30.5 Å². The predicted molar refractivity (Wildman–Crippen MR) is 92.2 cm³/mol. The van der Waals surface area contributed by atoms with Gasteiger partial charge in [0, 0.05) is 37.8 Å². The number of halogens is 4. The molecule has 0 saturated carbocycles. The number of benzene rings is 1. The monoisotopic (exact) mass is 352 g/mol. The highest BCUT2D eigenvalue weighted by Gasteiger charge is 2.26. The van der Waals surface area contributed by atoms with E-state index in [0.717, 1.165) is 31.8 Å². The molecular formula is C16H24Cl2F2N2. The lowest BCUT2D eigenvalue weighted by Crippen LogP contribution is -2.45. The van der Waals surface area contributed by atoms with Crippen molar-refractivity contribution in [2.45, 2.75) is 26.3 Å². The van der Waals surface area contributed by atoms with E-state index in [1.54, 1.807) is 19.1 Å². The number of hydrogen-bond donors (Lipinski definition) is 1. The van der Waals surface area contributed by atoms with Crippen LogP contribution in [0, 0.1) is 18.6 Å². The van der Waals surface area contributed by atoms with Crippen LogP contribution < -0.4 is 5.32 Å². The maximum Gasteiger partial charge on any atom is 0.163 e. The first-order chi connectivity index (χ1) is 9.50. The van der Waals surface area contributed by atoms with Gasteiger partial charge in [-0.1, -0.05) is 17.7 Å². The van der Waals surface area contributed by atoms with Crippen molar-refractivity contribution < 1.29 is 8.78 Å². The Bertz CT molecular complexity index is 503. The largest absolute Gasteiger partial charge is 0.314 e. The van der Waals surface area contributed by atoms with Crippen LogP contribution >= 0.6 is 24.8 Å². The van der Waals surface area contributed by atoms with E-state index < -0.39 is 11.6 Å². The van der Waals surface area contributed by atoms with E-state index in [1.807, 2.05) is 6.92 Å². The quantitative estimate of drug-likeness (QED) is 0.823. The van der Waals surface area contributed by atoms with Crippen LogP contribution in [-0.2, 0) is 0 Å². The molecule has 1 heterocycles. The summed E-state index contributed by atoms with van der Waals surface area (Å²) in [6.07, 6.45) is 0.652. The van der Waals surface area contributed by atoms with E-state index in [9.17, 15) is 8.78 Å². The molecule has 2 rings (SSSR count). The Morgan fingerprint density at radius 1 is 1.23 bits per heavy atom. The highest BCUT2D eigenvalue weighted by atomic mass is 35.5. The molecule has 1 fully saturated rings. The maximum atomic E-state index is 14.3. The first-order valence-electron chi connectivity index (χ1n) is 7.04. The van der Waals surface area contributed by atoms with Gasteiger partial charge in [-0.15, -0.1) is 31.4 Å². The first-order valence-corrected chi connectivity index (χ1v) is 7.04. The summed E-state index contributed by atoms with van der Waals surface area (Å²) in [6, 6.07) is 3.23. The van der Waals surface area contributed by atoms with Crippen molar-refractivity contribution in [3.05, 3.63) is 47.0 Å². The van der Waals surface area contributed by atoms with E-state index in [2.05, 4.69) is 16.8 Å². The summed E-state index contributed by atoms with van der Waals surface area (Å²) in [6.45, 7) is 10.9. The first kappa shape index (κ1) is 21.3. The smallest absolute Gasteiger partial charge is 0.163 e. The predicted octanol–water partition coefficient (Wildman–Crippen LogP) is 4.03. The molecular weight excluding hydrogens is 329 g/mol. The van der Waals surface area contributed by atoms with Gasteiger partial charge in [0.05, 0.1) is 0 Å². The van der Waals surface area contributed by atoms with Gasteiger partial charge in [-0.2, -0.15) is 0 Å². The van der Waals surface area contributed by atoms with E-state index in [-0.39, 0.29) is 30.9 Å². The second-order valence-electron chi connectivity index (χ2n) is 5.56. The highest BCUT2D eigenvalue weighted by molar-refractivity contribution is 5.85. The molecule has 1 aromatic rings. The highest BCUT2D eigenvalue weighted by Crippen LogP contribution is 2.31. The van der Waals surface area contributed by atoms with E-state index in [1.165, 1.54) is 0 Å². The van der Waals surface area contributed by atoms with Crippen molar-refractivity contribution >= 4 is 24.8 Å². The molecule has 0 aliphatic carbocycles. The zero-order chi connectivity index (χ0) is 14.7. The van der Waals surface area contributed by atoms with Crippen LogP contribution in [-0.4, -0.2) is 31.1 Å². The van der Waals surface area contributed by atoms with Gasteiger partial charge in [-0.25, -0.2) is 8.78 Å². The summed E-state index contributed by atoms with van der Waals surface area (Å²) in [5.41, 5.74) is 1.77. The minimum Gasteiger partial charge on any atom is -0.314 e. The van der Waals surface area contributed by atoms with Gasteiger partial charge >= 0.3 is 0 Å². The lowest BCUT2D eigenvalue weighted by atomic mass is 9.96. The van der Waals surface area contributed by atoms with Gasteiger partial charge in [0.25, 0.3) is 0 Å². The number of nitrogens with zero attached hydrogens (tertiary/aromatic N) is 1. The average Bonchev–Trinajstić information content (AvgIpc) is 2.44. The van der Waals surface area contributed by atoms with Gasteiger partial charge < -0.3 is 5.32 Å². The normalized spacial score (nSPS) is 16.4. The molecule has 1 N–H and O–H groups in total. The summed E-state index contributed by atoms with van der Waals surface area (Å²) >= 11 is 0. The van der Waals surface area contributed by atoms with Crippen LogP contribution in [0.4, 0.5) is 8.78 Å². The second-order valence-corrected chi connectivity index (χ2v) is 5.56. The minimum absolute atomic E-state index is 0. The molecule has 0 aromatic heterocycles. The fraction of sp³-hybridized carbons (Fsp3) is 0.500.